The van der Waals surface area contributed by atoms with E-state index in [-0.39, 0.29) is 35.3 Å². The van der Waals surface area contributed by atoms with Gasteiger partial charge in [-0.05, 0) is 40.0 Å². The van der Waals surface area contributed by atoms with Gasteiger partial charge in [0.2, 0.25) is 0 Å². The number of aromatic nitrogens is 3. The molecule has 149 valence electrons. The minimum absolute atomic E-state index is 0. The molecular weight excluding hydrogens is 403 g/mol. The van der Waals surface area contributed by atoms with Crippen molar-refractivity contribution in [2.75, 3.05) is 0 Å². The number of hydrogen-bond donors (Lipinski definition) is 4. The summed E-state index contributed by atoms with van der Waals surface area (Å²) >= 11 is 0. The molecule has 1 radical (unpaired) electrons. The fourth-order valence-corrected chi connectivity index (χ4v) is 4.71. The molecule has 0 saturated heterocycles. The monoisotopic (exact) mass is 430 g/mol. The zero-order valence-corrected chi connectivity index (χ0v) is 20.0. The van der Waals surface area contributed by atoms with E-state index >= 15 is 0 Å². The van der Waals surface area contributed by atoms with Crippen LogP contribution in [0.25, 0.3) is 0 Å². The third-order valence-corrected chi connectivity index (χ3v) is 7.42. The SMILES string of the molecule is CC(C)=CCC/C(C)=C\CCn1cc(CC(P(=O)(O)O)P(=O)(O)O)nn1.[Na]. The Bertz CT molecular complexity index is 726. The van der Waals surface area contributed by atoms with Crippen molar-refractivity contribution in [2.45, 2.75) is 58.4 Å². The van der Waals surface area contributed by atoms with Crippen LogP contribution in [0.4, 0.5) is 0 Å². The summed E-state index contributed by atoms with van der Waals surface area (Å²) in [6.45, 7) is 6.69. The van der Waals surface area contributed by atoms with E-state index in [1.165, 1.54) is 22.0 Å². The first-order valence-corrected chi connectivity index (χ1v) is 11.5. The summed E-state index contributed by atoms with van der Waals surface area (Å²) in [4.78, 5) is 36.6. The van der Waals surface area contributed by atoms with E-state index < -0.39 is 27.0 Å². The molecule has 0 spiro atoms. The summed E-state index contributed by atoms with van der Waals surface area (Å²) in [6.07, 6.45) is 7.86. The van der Waals surface area contributed by atoms with Crippen LogP contribution >= 0.6 is 15.2 Å². The van der Waals surface area contributed by atoms with Crippen molar-refractivity contribution in [3.63, 3.8) is 0 Å². The molecule has 0 aromatic carbocycles. The van der Waals surface area contributed by atoms with Crippen molar-refractivity contribution in [2.24, 2.45) is 0 Å². The summed E-state index contributed by atoms with van der Waals surface area (Å²) in [5, 5.41) is 5.49. The van der Waals surface area contributed by atoms with E-state index in [4.69, 9.17) is 19.6 Å². The van der Waals surface area contributed by atoms with Crippen LogP contribution in [-0.4, -0.2) is 69.5 Å². The minimum Gasteiger partial charge on any atom is -0.324 e. The van der Waals surface area contributed by atoms with Gasteiger partial charge in [0, 0.05) is 48.7 Å². The molecule has 27 heavy (non-hydrogen) atoms. The largest absolute Gasteiger partial charge is 0.341 e. The fourth-order valence-electron chi connectivity index (χ4n) is 2.30. The van der Waals surface area contributed by atoms with Crippen LogP contribution in [0, 0.1) is 0 Å². The van der Waals surface area contributed by atoms with Crippen LogP contribution < -0.4 is 0 Å². The number of nitrogens with zero attached hydrogens (tertiary/aromatic N) is 3. The molecule has 9 nitrogen and oxygen atoms in total. The minimum atomic E-state index is -4.96. The van der Waals surface area contributed by atoms with Gasteiger partial charge in [-0.1, -0.05) is 28.5 Å². The molecular formula is C15H27N3NaO6P2. The molecule has 0 saturated carbocycles. The van der Waals surface area contributed by atoms with Gasteiger partial charge < -0.3 is 19.6 Å². The van der Waals surface area contributed by atoms with Gasteiger partial charge in [0.05, 0.1) is 5.69 Å². The van der Waals surface area contributed by atoms with Gasteiger partial charge in [0.1, 0.15) is 0 Å². The molecule has 1 rings (SSSR count). The smallest absolute Gasteiger partial charge is 0.324 e. The average Bonchev–Trinajstić information content (AvgIpc) is 2.89. The first-order chi connectivity index (χ1) is 11.9. The maximum absolute atomic E-state index is 11.3. The van der Waals surface area contributed by atoms with Crippen LogP contribution in [0.1, 0.15) is 45.7 Å². The van der Waals surface area contributed by atoms with Crippen LogP contribution in [0.2, 0.25) is 0 Å². The molecule has 0 aliphatic heterocycles. The number of hydrogen-bond acceptors (Lipinski definition) is 4. The number of rotatable bonds is 10. The van der Waals surface area contributed by atoms with Crippen molar-refractivity contribution in [1.82, 2.24) is 15.0 Å². The normalized spacial score (nSPS) is 12.8. The summed E-state index contributed by atoms with van der Waals surface area (Å²) in [6, 6.07) is 0. The van der Waals surface area contributed by atoms with Gasteiger partial charge >= 0.3 is 15.2 Å². The second-order valence-electron chi connectivity index (χ2n) is 6.50. The summed E-state index contributed by atoms with van der Waals surface area (Å²) in [5.74, 6) is 0. The Balaban J connectivity index is 0.00000676. The molecule has 0 bridgehead atoms. The summed E-state index contributed by atoms with van der Waals surface area (Å²) in [7, 11) is -9.92. The van der Waals surface area contributed by atoms with Crippen molar-refractivity contribution in [1.29, 1.82) is 0 Å². The molecule has 1 aromatic rings. The quantitative estimate of drug-likeness (QED) is 0.251. The maximum atomic E-state index is 11.3. The molecule has 0 aliphatic carbocycles. The third kappa shape index (κ3) is 10.9. The van der Waals surface area contributed by atoms with E-state index in [2.05, 4.69) is 43.2 Å². The van der Waals surface area contributed by atoms with Crippen LogP contribution in [0.5, 0.6) is 0 Å². The topological polar surface area (TPSA) is 146 Å². The number of allylic oxidation sites excluding steroid dienone is 4. The Kier molecular flexibility index (Phi) is 11.8. The molecule has 12 heteroatoms. The Morgan fingerprint density at radius 1 is 1.11 bits per heavy atom. The van der Waals surface area contributed by atoms with Crippen molar-refractivity contribution < 1.29 is 28.7 Å². The van der Waals surface area contributed by atoms with Crippen LogP contribution in [0.3, 0.4) is 0 Å². The zero-order valence-electron chi connectivity index (χ0n) is 16.2. The first kappa shape index (κ1) is 26.9. The average molecular weight is 430 g/mol. The zero-order chi connectivity index (χ0) is 20.0. The van der Waals surface area contributed by atoms with E-state index in [1.807, 2.05) is 0 Å². The molecule has 0 amide bonds. The Morgan fingerprint density at radius 3 is 2.22 bits per heavy atom. The van der Waals surface area contributed by atoms with Gasteiger partial charge in [-0.25, -0.2) is 0 Å². The van der Waals surface area contributed by atoms with Gasteiger partial charge in [0.15, 0.2) is 5.40 Å². The van der Waals surface area contributed by atoms with Gasteiger partial charge in [-0.15, -0.1) is 5.10 Å². The molecule has 0 fully saturated rings. The van der Waals surface area contributed by atoms with E-state index in [0.29, 0.717) is 13.0 Å². The Morgan fingerprint density at radius 2 is 1.70 bits per heavy atom. The molecule has 1 heterocycles. The van der Waals surface area contributed by atoms with E-state index in [1.54, 1.807) is 0 Å². The standard InChI is InChI=1S/C15H27N3O6P2.Na/c1-12(2)6-4-7-13(3)8-5-9-18-11-14(16-17-18)10-15(25(19,20)21)26(22,23)24;/h6,8,11,15H,4-5,7,9-10H2,1-3H3,(H2,19,20,21)(H2,22,23,24);/b13-8-;. The van der Waals surface area contributed by atoms with Gasteiger partial charge in [0.25, 0.3) is 0 Å². The molecule has 0 atom stereocenters. The Labute approximate surface area is 181 Å². The predicted octanol–water partition coefficient (Wildman–Crippen LogP) is 2.20. The van der Waals surface area contributed by atoms with E-state index in [9.17, 15) is 9.13 Å². The van der Waals surface area contributed by atoms with Crippen molar-refractivity contribution in [3.05, 3.63) is 35.2 Å². The van der Waals surface area contributed by atoms with Gasteiger partial charge in [-0.3, -0.25) is 13.8 Å². The number of aryl methyl sites for hydroxylation is 1. The van der Waals surface area contributed by atoms with Gasteiger partial charge in [-0.2, -0.15) is 0 Å². The second kappa shape index (κ2) is 11.8. The van der Waals surface area contributed by atoms with E-state index in [0.717, 1.165) is 12.8 Å². The van der Waals surface area contributed by atoms with Crippen molar-refractivity contribution in [3.8, 4) is 0 Å². The first-order valence-electron chi connectivity index (χ1n) is 8.18. The third-order valence-electron chi connectivity index (χ3n) is 3.70. The summed E-state index contributed by atoms with van der Waals surface area (Å²) < 4.78 is 24.1. The second-order valence-corrected chi connectivity index (χ2v) is 10.5. The summed E-state index contributed by atoms with van der Waals surface area (Å²) in [5.41, 5.74) is 2.67. The maximum Gasteiger partial charge on any atom is 0.341 e. The molecule has 0 aliphatic rings. The molecule has 0 unspecified atom stereocenters. The van der Waals surface area contributed by atoms with Crippen molar-refractivity contribution >= 4 is 44.7 Å². The molecule has 4 N–H and O–H groups in total. The van der Waals surface area contributed by atoms with Crippen LogP contribution in [0.15, 0.2) is 29.5 Å². The van der Waals surface area contributed by atoms with Crippen LogP contribution in [-0.2, 0) is 22.1 Å². The molecule has 1 aromatic heterocycles. The fraction of sp³-hybridized carbons (Fsp3) is 0.600. The predicted molar refractivity (Wildman–Crippen MR) is 104 cm³/mol. The Hall–Kier alpha value is -0.0800.